The van der Waals surface area contributed by atoms with Gasteiger partial charge < -0.3 is 4.74 Å². The summed E-state index contributed by atoms with van der Waals surface area (Å²) in [7, 11) is 1.48. The predicted molar refractivity (Wildman–Crippen MR) is 89.4 cm³/mol. The Bertz CT molecular complexity index is 567. The third-order valence-corrected chi connectivity index (χ3v) is 5.73. The Labute approximate surface area is 138 Å². The molecule has 1 fully saturated rings. The van der Waals surface area contributed by atoms with Gasteiger partial charge in [0.05, 0.1) is 13.0 Å². The number of fused-ring (bicyclic) bond motifs is 1. The van der Waals surface area contributed by atoms with Gasteiger partial charge in [0.1, 0.15) is 0 Å². The molecule has 0 saturated heterocycles. The Morgan fingerprint density at radius 1 is 1.32 bits per heavy atom. The van der Waals surface area contributed by atoms with E-state index in [1.807, 2.05) is 0 Å². The first-order valence-electron chi connectivity index (χ1n) is 8.53. The van der Waals surface area contributed by atoms with E-state index >= 15 is 0 Å². The topological polar surface area (TPSA) is 26.3 Å². The van der Waals surface area contributed by atoms with Gasteiger partial charge in [-0.1, -0.05) is 24.6 Å². The van der Waals surface area contributed by atoms with E-state index in [1.165, 1.54) is 49.5 Å². The Morgan fingerprint density at radius 3 is 2.64 bits per heavy atom. The van der Waals surface area contributed by atoms with Gasteiger partial charge in [-0.05, 0) is 79.5 Å². The van der Waals surface area contributed by atoms with Crippen molar-refractivity contribution in [3.05, 3.63) is 33.8 Å². The lowest BCUT2D eigenvalue weighted by Crippen LogP contribution is -2.09. The van der Waals surface area contributed by atoms with Crippen LogP contribution in [0.25, 0.3) is 0 Å². The zero-order valence-electron chi connectivity index (χ0n) is 13.5. The van der Waals surface area contributed by atoms with Crippen molar-refractivity contribution in [3.8, 4) is 0 Å². The molecule has 0 radical (unpaired) electrons. The number of ether oxygens (including phenoxy) is 1. The van der Waals surface area contributed by atoms with Crippen molar-refractivity contribution in [1.82, 2.24) is 0 Å². The molecule has 0 aliphatic heterocycles. The fourth-order valence-electron chi connectivity index (χ4n) is 3.91. The molecule has 0 aromatic heterocycles. The van der Waals surface area contributed by atoms with Crippen LogP contribution in [0.5, 0.6) is 0 Å². The van der Waals surface area contributed by atoms with Crippen LogP contribution in [0.15, 0.2) is 12.1 Å². The van der Waals surface area contributed by atoms with Gasteiger partial charge in [0.2, 0.25) is 0 Å². The van der Waals surface area contributed by atoms with Gasteiger partial charge in [-0.2, -0.15) is 0 Å². The number of hydrogen-bond acceptors (Lipinski definition) is 2. The van der Waals surface area contributed by atoms with E-state index in [0.717, 1.165) is 24.3 Å². The molecule has 0 spiro atoms. The molecule has 3 atom stereocenters. The smallest absolute Gasteiger partial charge is 0.308 e. The maximum atomic E-state index is 11.6. The first-order valence-corrected chi connectivity index (χ1v) is 8.90. The maximum Gasteiger partial charge on any atom is 0.308 e. The van der Waals surface area contributed by atoms with Gasteiger partial charge in [-0.3, -0.25) is 4.79 Å². The lowest BCUT2D eigenvalue weighted by molar-refractivity contribution is -0.142. The summed E-state index contributed by atoms with van der Waals surface area (Å²) in [5.74, 6) is 1.01. The summed E-state index contributed by atoms with van der Waals surface area (Å²) in [6.07, 6.45) is 8.02. The van der Waals surface area contributed by atoms with Crippen molar-refractivity contribution in [2.24, 2.45) is 11.8 Å². The van der Waals surface area contributed by atoms with Crippen LogP contribution in [0.2, 0.25) is 5.02 Å². The summed E-state index contributed by atoms with van der Waals surface area (Å²) in [6, 6.07) is 4.54. The molecule has 3 rings (SSSR count). The van der Waals surface area contributed by atoms with Gasteiger partial charge >= 0.3 is 5.97 Å². The molecule has 3 unspecified atom stereocenters. The Balaban J connectivity index is 1.75. The molecule has 1 saturated carbocycles. The van der Waals surface area contributed by atoms with Gasteiger partial charge in [0.15, 0.2) is 0 Å². The van der Waals surface area contributed by atoms with Gasteiger partial charge in [-0.25, -0.2) is 0 Å². The monoisotopic (exact) mass is 320 g/mol. The number of benzene rings is 1. The Hall–Kier alpha value is -1.02. The molecule has 1 aromatic rings. The molecule has 3 heteroatoms. The first kappa shape index (κ1) is 15.9. The maximum absolute atomic E-state index is 11.6. The third-order valence-electron chi connectivity index (χ3n) is 5.41. The quantitative estimate of drug-likeness (QED) is 0.720. The van der Waals surface area contributed by atoms with E-state index in [9.17, 15) is 4.79 Å². The molecule has 2 nitrogen and oxygen atoms in total. The van der Waals surface area contributed by atoms with Gasteiger partial charge in [0.25, 0.3) is 0 Å². The van der Waals surface area contributed by atoms with E-state index in [1.54, 1.807) is 0 Å². The van der Waals surface area contributed by atoms with E-state index in [0.29, 0.717) is 11.8 Å². The first-order chi connectivity index (χ1) is 10.6. The predicted octanol–water partition coefficient (Wildman–Crippen LogP) is 4.91. The molecule has 0 heterocycles. The van der Waals surface area contributed by atoms with E-state index in [-0.39, 0.29) is 11.9 Å². The fraction of sp³-hybridized carbons (Fsp3) is 0.632. The number of methoxy groups -OCH3 is 1. The minimum atomic E-state index is -0.0450. The molecule has 22 heavy (non-hydrogen) atoms. The highest BCUT2D eigenvalue weighted by Gasteiger charge is 2.44. The number of rotatable bonds is 5. The molecular formula is C19H25ClO2. The number of halogens is 1. The molecule has 2 aliphatic carbocycles. The van der Waals surface area contributed by atoms with Gasteiger partial charge in [-0.15, -0.1) is 0 Å². The van der Waals surface area contributed by atoms with E-state index in [2.05, 4.69) is 19.1 Å². The molecule has 120 valence electrons. The molecule has 1 aromatic carbocycles. The average Bonchev–Trinajstić information content (AvgIpc) is 3.30. The summed E-state index contributed by atoms with van der Waals surface area (Å²) >= 11 is 6.57. The second kappa shape index (κ2) is 6.62. The fourth-order valence-corrected chi connectivity index (χ4v) is 4.26. The third kappa shape index (κ3) is 3.17. The summed E-state index contributed by atoms with van der Waals surface area (Å²) in [4.78, 5) is 11.6. The largest absolute Gasteiger partial charge is 0.469 e. The Kier molecular flexibility index (Phi) is 4.77. The molecule has 0 amide bonds. The zero-order valence-corrected chi connectivity index (χ0v) is 14.3. The van der Waals surface area contributed by atoms with Crippen LogP contribution in [0.1, 0.15) is 61.6 Å². The molecule has 0 bridgehead atoms. The van der Waals surface area contributed by atoms with Crippen molar-refractivity contribution in [1.29, 1.82) is 0 Å². The van der Waals surface area contributed by atoms with Crippen LogP contribution in [-0.2, 0) is 22.4 Å². The number of aryl methyl sites for hydroxylation is 2. The van der Waals surface area contributed by atoms with E-state index in [4.69, 9.17) is 16.3 Å². The minimum Gasteiger partial charge on any atom is -0.469 e. The van der Waals surface area contributed by atoms with Crippen molar-refractivity contribution < 1.29 is 9.53 Å². The summed E-state index contributed by atoms with van der Waals surface area (Å²) in [5.41, 5.74) is 4.22. The number of carbonyl (C=O) groups excluding carboxylic acids is 1. The average molecular weight is 321 g/mol. The Morgan fingerprint density at radius 2 is 2.00 bits per heavy atom. The highest BCUT2D eigenvalue weighted by Crippen LogP contribution is 2.47. The molecule has 2 aliphatic rings. The normalized spacial score (nSPS) is 24.5. The van der Waals surface area contributed by atoms with Crippen LogP contribution in [0, 0.1) is 11.8 Å². The van der Waals surface area contributed by atoms with Crippen LogP contribution in [-0.4, -0.2) is 13.1 Å². The van der Waals surface area contributed by atoms with Crippen LogP contribution in [0.4, 0.5) is 0 Å². The van der Waals surface area contributed by atoms with Crippen LogP contribution in [0.3, 0.4) is 0 Å². The number of carbonyl (C=O) groups is 1. The lowest BCUT2D eigenvalue weighted by atomic mass is 9.84. The summed E-state index contributed by atoms with van der Waals surface area (Å²) in [6.45, 7) is 2.22. The van der Waals surface area contributed by atoms with E-state index < -0.39 is 0 Å². The zero-order chi connectivity index (χ0) is 15.7. The van der Waals surface area contributed by atoms with Crippen LogP contribution < -0.4 is 0 Å². The van der Waals surface area contributed by atoms with Crippen molar-refractivity contribution >= 4 is 17.6 Å². The highest BCUT2D eigenvalue weighted by molar-refractivity contribution is 6.31. The van der Waals surface area contributed by atoms with Crippen molar-refractivity contribution in [3.63, 3.8) is 0 Å². The second-order valence-electron chi connectivity index (χ2n) is 6.82. The molecular weight excluding hydrogens is 296 g/mol. The standard InChI is InChI=1S/C19H25ClO2/c1-3-12(8-15-10-17(15)19(21)22-2)16-9-13-6-4-5-7-14(13)11-18(16)20/h9,11-12,15,17H,3-8,10H2,1-2H3. The highest BCUT2D eigenvalue weighted by atomic mass is 35.5. The minimum absolute atomic E-state index is 0.0450. The second-order valence-corrected chi connectivity index (χ2v) is 7.22. The lowest BCUT2D eigenvalue weighted by Gasteiger charge is -2.22. The van der Waals surface area contributed by atoms with Crippen molar-refractivity contribution in [2.45, 2.75) is 57.8 Å². The summed E-state index contributed by atoms with van der Waals surface area (Å²) in [5, 5.41) is 0.919. The summed E-state index contributed by atoms with van der Waals surface area (Å²) < 4.78 is 4.86. The van der Waals surface area contributed by atoms with Gasteiger partial charge in [0, 0.05) is 5.02 Å². The SMILES string of the molecule is CCC(CC1CC1C(=O)OC)c1cc2c(cc1Cl)CCCC2. The molecule has 0 N–H and O–H groups in total. The van der Waals surface area contributed by atoms with Crippen LogP contribution >= 0.6 is 11.6 Å². The number of hydrogen-bond donors (Lipinski definition) is 0. The van der Waals surface area contributed by atoms with Crippen molar-refractivity contribution in [2.75, 3.05) is 7.11 Å². The number of esters is 1.